The minimum absolute atomic E-state index is 0.0146. The topological polar surface area (TPSA) is 43.4 Å². The summed E-state index contributed by atoms with van der Waals surface area (Å²) in [6, 6.07) is 7.23. The van der Waals surface area contributed by atoms with Gasteiger partial charge in [-0.3, -0.25) is 4.79 Å². The lowest BCUT2D eigenvalue weighted by molar-refractivity contribution is -0.115. The predicted molar refractivity (Wildman–Crippen MR) is 103 cm³/mol. The molecule has 1 aromatic carbocycles. The largest absolute Gasteiger partial charge is 0.455 e. The van der Waals surface area contributed by atoms with Crippen LogP contribution in [0.1, 0.15) is 87.1 Å². The van der Waals surface area contributed by atoms with E-state index in [1.807, 2.05) is 19.1 Å². The molecule has 1 atom stereocenters. The van der Waals surface area contributed by atoms with Crippen molar-refractivity contribution < 1.29 is 14.3 Å². The molecule has 26 heavy (non-hydrogen) atoms. The van der Waals surface area contributed by atoms with Crippen LogP contribution in [0.3, 0.4) is 0 Å². The number of carbonyl (C=O) groups excluding carboxylic acids is 2. The van der Waals surface area contributed by atoms with Gasteiger partial charge in [0, 0.05) is 5.92 Å². The maximum Gasteiger partial charge on any atom is 0.338 e. The van der Waals surface area contributed by atoms with Gasteiger partial charge in [-0.1, -0.05) is 39.0 Å². The van der Waals surface area contributed by atoms with Crippen LogP contribution in [0.2, 0.25) is 0 Å². The lowest BCUT2D eigenvalue weighted by atomic mass is 9.57. The van der Waals surface area contributed by atoms with Crippen LogP contribution in [0.4, 0.5) is 0 Å². The van der Waals surface area contributed by atoms with Crippen LogP contribution < -0.4 is 0 Å². The summed E-state index contributed by atoms with van der Waals surface area (Å²) in [7, 11) is 0. The van der Waals surface area contributed by atoms with E-state index in [4.69, 9.17) is 4.74 Å². The summed E-state index contributed by atoms with van der Waals surface area (Å²) in [5.41, 5.74) is 1.72. The molecule has 1 unspecified atom stereocenters. The number of hydrogen-bond donors (Lipinski definition) is 0. The maximum atomic E-state index is 12.7. The fourth-order valence-electron chi connectivity index (χ4n) is 4.79. The molecule has 3 fully saturated rings. The van der Waals surface area contributed by atoms with Crippen LogP contribution in [0.15, 0.2) is 36.9 Å². The molecule has 4 rings (SSSR count). The highest BCUT2D eigenvalue weighted by Gasteiger charge is 2.50. The number of fused-ring (bicyclic) bond motifs is 3. The molecule has 0 aliphatic heterocycles. The summed E-state index contributed by atoms with van der Waals surface area (Å²) >= 11 is 0. The number of esters is 1. The second-order valence-corrected chi connectivity index (χ2v) is 8.27. The zero-order chi connectivity index (χ0) is 18.8. The van der Waals surface area contributed by atoms with E-state index in [0.29, 0.717) is 11.0 Å². The van der Waals surface area contributed by atoms with Crippen molar-refractivity contribution in [2.24, 2.45) is 5.41 Å². The average molecular weight is 354 g/mol. The summed E-state index contributed by atoms with van der Waals surface area (Å²) in [6.07, 6.45) is 10.5. The van der Waals surface area contributed by atoms with E-state index in [1.165, 1.54) is 38.2 Å². The highest BCUT2D eigenvalue weighted by atomic mass is 16.6. The van der Waals surface area contributed by atoms with Gasteiger partial charge in [0.05, 0.1) is 5.56 Å². The van der Waals surface area contributed by atoms with E-state index < -0.39 is 0 Å². The van der Waals surface area contributed by atoms with Crippen molar-refractivity contribution in [2.75, 3.05) is 0 Å². The first-order valence-corrected chi connectivity index (χ1v) is 9.92. The molecule has 1 aromatic rings. The number of ether oxygens (including phenoxy) is 1. The van der Waals surface area contributed by atoms with Gasteiger partial charge in [0.1, 0.15) is 5.60 Å². The fourth-order valence-corrected chi connectivity index (χ4v) is 4.79. The summed E-state index contributed by atoms with van der Waals surface area (Å²) in [4.78, 5) is 24.4. The lowest BCUT2D eigenvalue weighted by Gasteiger charge is -2.52. The van der Waals surface area contributed by atoms with E-state index in [-0.39, 0.29) is 23.3 Å². The van der Waals surface area contributed by atoms with Gasteiger partial charge in [0.25, 0.3) is 0 Å². The summed E-state index contributed by atoms with van der Waals surface area (Å²) < 4.78 is 6.02. The third-order valence-corrected chi connectivity index (χ3v) is 6.70. The third-order valence-electron chi connectivity index (χ3n) is 6.70. The molecule has 3 saturated carbocycles. The second kappa shape index (κ2) is 7.38. The Morgan fingerprint density at radius 1 is 1.12 bits per heavy atom. The Hall–Kier alpha value is -1.90. The lowest BCUT2D eigenvalue weighted by Crippen LogP contribution is -2.48. The molecule has 0 amide bonds. The van der Waals surface area contributed by atoms with E-state index in [1.54, 1.807) is 12.1 Å². The monoisotopic (exact) mass is 354 g/mol. The molecule has 2 bridgehead atoms. The number of carbonyl (C=O) groups is 2. The van der Waals surface area contributed by atoms with Crippen LogP contribution in [0, 0.1) is 5.41 Å². The minimum atomic E-state index is -0.253. The Labute approximate surface area is 156 Å². The van der Waals surface area contributed by atoms with Gasteiger partial charge in [-0.25, -0.2) is 4.79 Å². The number of allylic oxidation sites excluding steroid dienone is 1. The molecule has 3 aliphatic rings. The zero-order valence-electron chi connectivity index (χ0n) is 16.1. The molecule has 0 saturated heterocycles. The SMILES string of the molecule is C=CC(=O)C(C)c1ccc(C(=O)OC23CCC(CCC)(CC2)CC3)cc1. The van der Waals surface area contributed by atoms with E-state index >= 15 is 0 Å². The Kier molecular flexibility index (Phi) is 5.36. The van der Waals surface area contributed by atoms with Crippen molar-refractivity contribution in [1.29, 1.82) is 0 Å². The molecule has 0 N–H and O–H groups in total. The Morgan fingerprint density at radius 3 is 2.19 bits per heavy atom. The average Bonchev–Trinajstić information content (AvgIpc) is 2.68. The van der Waals surface area contributed by atoms with Gasteiger partial charge in [0.15, 0.2) is 5.78 Å². The fraction of sp³-hybridized carbons (Fsp3) is 0.565. The highest BCUT2D eigenvalue weighted by Crippen LogP contribution is 2.56. The van der Waals surface area contributed by atoms with E-state index in [2.05, 4.69) is 13.5 Å². The van der Waals surface area contributed by atoms with E-state index in [0.717, 1.165) is 24.8 Å². The van der Waals surface area contributed by atoms with Crippen LogP contribution in [0.5, 0.6) is 0 Å². The molecule has 0 heterocycles. The Bertz CT molecular complexity index is 661. The Morgan fingerprint density at radius 2 is 1.69 bits per heavy atom. The van der Waals surface area contributed by atoms with Crippen LogP contribution in [-0.4, -0.2) is 17.4 Å². The maximum absolute atomic E-state index is 12.7. The molecule has 3 aliphatic carbocycles. The number of hydrogen-bond acceptors (Lipinski definition) is 3. The molecular formula is C23H30O3. The van der Waals surface area contributed by atoms with Crippen molar-refractivity contribution in [1.82, 2.24) is 0 Å². The normalized spacial score (nSPS) is 28.4. The summed E-state index contributed by atoms with van der Waals surface area (Å²) in [6.45, 7) is 7.64. The minimum Gasteiger partial charge on any atom is -0.455 e. The molecule has 0 aromatic heterocycles. The van der Waals surface area contributed by atoms with Gasteiger partial charge >= 0.3 is 5.97 Å². The first-order chi connectivity index (χ1) is 12.4. The van der Waals surface area contributed by atoms with Gasteiger partial charge in [-0.05, 0) is 74.1 Å². The summed E-state index contributed by atoms with van der Waals surface area (Å²) in [5, 5.41) is 0. The zero-order valence-corrected chi connectivity index (χ0v) is 16.1. The van der Waals surface area contributed by atoms with Crippen molar-refractivity contribution in [3.8, 4) is 0 Å². The first kappa shape index (κ1) is 18.9. The standard InChI is InChI=1S/C23H30O3/c1-4-10-22-11-14-23(15-12-22,16-13-22)26-21(25)19-8-6-18(7-9-19)17(3)20(24)5-2/h5-9,17H,2,4,10-16H2,1,3H3. The molecule has 3 nitrogen and oxygen atoms in total. The van der Waals surface area contributed by atoms with Gasteiger partial charge in [-0.15, -0.1) is 0 Å². The Balaban J connectivity index is 1.64. The molecule has 140 valence electrons. The van der Waals surface area contributed by atoms with Crippen molar-refractivity contribution >= 4 is 11.8 Å². The highest BCUT2D eigenvalue weighted by molar-refractivity contribution is 5.95. The molecule has 3 heteroatoms. The first-order valence-electron chi connectivity index (χ1n) is 9.92. The van der Waals surface area contributed by atoms with Crippen LogP contribution in [-0.2, 0) is 9.53 Å². The second-order valence-electron chi connectivity index (χ2n) is 8.27. The van der Waals surface area contributed by atoms with Gasteiger partial charge in [0.2, 0.25) is 0 Å². The molecular weight excluding hydrogens is 324 g/mol. The van der Waals surface area contributed by atoms with Gasteiger partial charge in [-0.2, -0.15) is 0 Å². The third kappa shape index (κ3) is 3.62. The number of ketones is 1. The molecule has 0 radical (unpaired) electrons. The van der Waals surface area contributed by atoms with Crippen molar-refractivity contribution in [3.05, 3.63) is 48.0 Å². The van der Waals surface area contributed by atoms with Crippen molar-refractivity contribution in [2.45, 2.75) is 76.7 Å². The van der Waals surface area contributed by atoms with Crippen LogP contribution in [0.25, 0.3) is 0 Å². The van der Waals surface area contributed by atoms with Gasteiger partial charge < -0.3 is 4.74 Å². The molecule has 0 spiro atoms. The number of benzene rings is 1. The quantitative estimate of drug-likeness (QED) is 0.473. The van der Waals surface area contributed by atoms with E-state index in [9.17, 15) is 9.59 Å². The number of rotatable bonds is 7. The van der Waals surface area contributed by atoms with Crippen LogP contribution >= 0.6 is 0 Å². The summed E-state index contributed by atoms with van der Waals surface area (Å²) in [5.74, 6) is -0.483. The predicted octanol–water partition coefficient (Wildman–Crippen LogP) is 5.60. The smallest absolute Gasteiger partial charge is 0.338 e. The van der Waals surface area contributed by atoms with Crippen molar-refractivity contribution in [3.63, 3.8) is 0 Å².